The number of rotatable bonds is 4. The molecule has 0 radical (unpaired) electrons. The van der Waals surface area contributed by atoms with Crippen molar-refractivity contribution in [2.45, 2.75) is 25.7 Å². The molecular weight excluding hydrogens is 290 g/mol. The molecule has 0 saturated heterocycles. The Bertz CT molecular complexity index is 750. The van der Waals surface area contributed by atoms with E-state index in [1.807, 2.05) is 24.3 Å². The Hall–Kier alpha value is -2.62. The Labute approximate surface area is 135 Å². The van der Waals surface area contributed by atoms with E-state index in [0.717, 1.165) is 28.7 Å². The number of carbonyl (C=O) groups excluding carboxylic acids is 2. The molecule has 2 aromatic rings. The number of hydrogen-bond acceptors (Lipinski definition) is 3. The molecule has 1 atom stereocenters. The average molecular weight is 309 g/mol. The van der Waals surface area contributed by atoms with Gasteiger partial charge in [-0.3, -0.25) is 9.59 Å². The van der Waals surface area contributed by atoms with E-state index in [1.54, 1.807) is 12.1 Å². The van der Waals surface area contributed by atoms with Crippen molar-refractivity contribution in [2.24, 2.45) is 0 Å². The first kappa shape index (κ1) is 15.3. The molecule has 0 bridgehead atoms. The predicted molar refractivity (Wildman–Crippen MR) is 88.5 cm³/mol. The van der Waals surface area contributed by atoms with Gasteiger partial charge < -0.3 is 10.4 Å². The van der Waals surface area contributed by atoms with E-state index in [1.165, 1.54) is 6.92 Å². The number of fused-ring (bicyclic) bond motifs is 1. The molecule has 0 saturated carbocycles. The number of phenolic OH excluding ortho intramolecular Hbond substituents is 1. The zero-order chi connectivity index (χ0) is 16.4. The van der Waals surface area contributed by atoms with Gasteiger partial charge in [0.05, 0.1) is 0 Å². The molecule has 118 valence electrons. The lowest BCUT2D eigenvalue weighted by Crippen LogP contribution is -2.22. The van der Waals surface area contributed by atoms with Crippen LogP contribution < -0.4 is 5.32 Å². The van der Waals surface area contributed by atoms with Crippen LogP contribution >= 0.6 is 0 Å². The van der Waals surface area contributed by atoms with Crippen molar-refractivity contribution in [3.63, 3.8) is 0 Å². The van der Waals surface area contributed by atoms with Crippen molar-refractivity contribution in [2.75, 3.05) is 6.54 Å². The van der Waals surface area contributed by atoms with Crippen molar-refractivity contribution < 1.29 is 14.7 Å². The van der Waals surface area contributed by atoms with Crippen LogP contribution in [0.5, 0.6) is 5.75 Å². The third-order valence-corrected chi connectivity index (χ3v) is 4.29. The third kappa shape index (κ3) is 3.26. The molecule has 1 aliphatic carbocycles. The maximum Gasteiger partial charge on any atom is 0.216 e. The van der Waals surface area contributed by atoms with Crippen molar-refractivity contribution in [1.82, 2.24) is 5.32 Å². The summed E-state index contributed by atoms with van der Waals surface area (Å²) in [5, 5.41) is 12.2. The van der Waals surface area contributed by atoms with Crippen LogP contribution in [0.15, 0.2) is 42.5 Å². The van der Waals surface area contributed by atoms with E-state index in [0.29, 0.717) is 13.0 Å². The summed E-state index contributed by atoms with van der Waals surface area (Å²) in [5.74, 6) is 0.511. The smallest absolute Gasteiger partial charge is 0.216 e. The summed E-state index contributed by atoms with van der Waals surface area (Å²) in [5.41, 5.74) is 3.89. The van der Waals surface area contributed by atoms with Gasteiger partial charge in [0.2, 0.25) is 5.91 Å². The number of hydrogen-bond donors (Lipinski definition) is 2. The van der Waals surface area contributed by atoms with Gasteiger partial charge in [0.1, 0.15) is 5.75 Å². The van der Waals surface area contributed by atoms with Crippen molar-refractivity contribution >= 4 is 11.7 Å². The number of ketones is 1. The molecule has 0 fully saturated rings. The Kier molecular flexibility index (Phi) is 4.15. The minimum Gasteiger partial charge on any atom is -0.508 e. The molecule has 0 spiro atoms. The topological polar surface area (TPSA) is 66.4 Å². The van der Waals surface area contributed by atoms with Crippen LogP contribution in [0, 0.1) is 0 Å². The molecule has 0 aromatic heterocycles. The van der Waals surface area contributed by atoms with Gasteiger partial charge in [0.15, 0.2) is 5.78 Å². The monoisotopic (exact) mass is 309 g/mol. The van der Waals surface area contributed by atoms with Crippen molar-refractivity contribution in [3.05, 3.63) is 53.6 Å². The van der Waals surface area contributed by atoms with Crippen molar-refractivity contribution in [1.29, 1.82) is 0 Å². The Balaban J connectivity index is 1.86. The van der Waals surface area contributed by atoms with Crippen LogP contribution in [-0.2, 0) is 4.79 Å². The van der Waals surface area contributed by atoms with E-state index in [2.05, 4.69) is 11.4 Å². The van der Waals surface area contributed by atoms with E-state index >= 15 is 0 Å². The lowest BCUT2D eigenvalue weighted by molar-refractivity contribution is -0.118. The zero-order valence-corrected chi connectivity index (χ0v) is 13.0. The normalized spacial score (nSPS) is 16.2. The second-order valence-electron chi connectivity index (χ2n) is 5.94. The van der Waals surface area contributed by atoms with Gasteiger partial charge in [0, 0.05) is 25.5 Å². The Morgan fingerprint density at radius 2 is 1.87 bits per heavy atom. The lowest BCUT2D eigenvalue weighted by atomic mass is 9.94. The molecule has 2 aromatic carbocycles. The molecule has 0 aliphatic heterocycles. The number of phenols is 1. The van der Waals surface area contributed by atoms with E-state index in [9.17, 15) is 14.7 Å². The Morgan fingerprint density at radius 1 is 1.17 bits per heavy atom. The number of carbonyl (C=O) groups is 2. The van der Waals surface area contributed by atoms with Gasteiger partial charge >= 0.3 is 0 Å². The maximum atomic E-state index is 12.1. The summed E-state index contributed by atoms with van der Waals surface area (Å²) in [6, 6.07) is 12.9. The van der Waals surface area contributed by atoms with Gasteiger partial charge in [0.25, 0.3) is 0 Å². The fraction of sp³-hybridized carbons (Fsp3) is 0.263. The second kappa shape index (κ2) is 6.24. The molecular formula is C19H19NO3. The summed E-state index contributed by atoms with van der Waals surface area (Å²) in [7, 11) is 0. The highest BCUT2D eigenvalue weighted by atomic mass is 16.3. The Morgan fingerprint density at radius 3 is 2.57 bits per heavy atom. The summed E-state index contributed by atoms with van der Waals surface area (Å²) in [6.07, 6.45) is 1.27. The zero-order valence-electron chi connectivity index (χ0n) is 13.0. The molecule has 3 rings (SSSR count). The molecule has 1 unspecified atom stereocenters. The fourth-order valence-corrected chi connectivity index (χ4v) is 3.11. The van der Waals surface area contributed by atoms with Crippen LogP contribution in [0.1, 0.15) is 41.6 Å². The van der Waals surface area contributed by atoms with Crippen LogP contribution in [0.4, 0.5) is 0 Å². The van der Waals surface area contributed by atoms with Crippen LogP contribution in [0.25, 0.3) is 11.1 Å². The average Bonchev–Trinajstić information content (AvgIpc) is 2.84. The summed E-state index contributed by atoms with van der Waals surface area (Å²) >= 11 is 0. The molecule has 23 heavy (non-hydrogen) atoms. The summed E-state index contributed by atoms with van der Waals surface area (Å²) < 4.78 is 0. The van der Waals surface area contributed by atoms with Crippen LogP contribution in [-0.4, -0.2) is 23.3 Å². The number of amides is 1. The van der Waals surface area contributed by atoms with E-state index in [4.69, 9.17) is 0 Å². The molecule has 1 amide bonds. The van der Waals surface area contributed by atoms with Gasteiger partial charge in [-0.2, -0.15) is 0 Å². The number of benzene rings is 2. The minimum absolute atomic E-state index is 0.0487. The van der Waals surface area contributed by atoms with Crippen LogP contribution in [0.2, 0.25) is 0 Å². The lowest BCUT2D eigenvalue weighted by Gasteiger charge is -2.12. The summed E-state index contributed by atoms with van der Waals surface area (Å²) in [6.45, 7) is 2.08. The van der Waals surface area contributed by atoms with E-state index < -0.39 is 0 Å². The van der Waals surface area contributed by atoms with Gasteiger partial charge in [-0.25, -0.2) is 0 Å². The third-order valence-electron chi connectivity index (χ3n) is 4.29. The number of Topliss-reactive ketones (excluding diaryl/α,β-unsaturated/α-hetero) is 1. The van der Waals surface area contributed by atoms with Gasteiger partial charge in [-0.05, 0) is 41.2 Å². The van der Waals surface area contributed by atoms with Gasteiger partial charge in [-0.1, -0.05) is 30.3 Å². The second-order valence-corrected chi connectivity index (χ2v) is 5.94. The quantitative estimate of drug-likeness (QED) is 0.911. The SMILES string of the molecule is CC(=O)NCCC1CC(=O)c2ccc(-c3ccc(O)cc3)cc21. The standard InChI is InChI=1S/C19H19NO3/c1-12(21)20-9-8-15-11-19(23)17-7-4-14(10-18(15)17)13-2-5-16(22)6-3-13/h2-7,10,15,22H,8-9,11H2,1H3,(H,20,21). The van der Waals surface area contributed by atoms with Gasteiger partial charge in [-0.15, -0.1) is 0 Å². The highest BCUT2D eigenvalue weighted by molar-refractivity contribution is 6.01. The molecule has 0 heterocycles. The first-order chi connectivity index (χ1) is 11.0. The first-order valence-electron chi connectivity index (χ1n) is 7.75. The molecule has 4 heteroatoms. The largest absolute Gasteiger partial charge is 0.508 e. The van der Waals surface area contributed by atoms with E-state index in [-0.39, 0.29) is 23.4 Å². The van der Waals surface area contributed by atoms with Crippen LogP contribution in [0.3, 0.4) is 0 Å². The minimum atomic E-state index is -0.0487. The fourth-order valence-electron chi connectivity index (χ4n) is 3.11. The maximum absolute atomic E-state index is 12.1. The molecule has 2 N–H and O–H groups in total. The highest BCUT2D eigenvalue weighted by Gasteiger charge is 2.29. The first-order valence-corrected chi connectivity index (χ1v) is 7.75. The number of aromatic hydroxyl groups is 1. The highest BCUT2D eigenvalue weighted by Crippen LogP contribution is 2.37. The molecule has 4 nitrogen and oxygen atoms in total. The number of nitrogens with one attached hydrogen (secondary N) is 1. The van der Waals surface area contributed by atoms with Crippen molar-refractivity contribution in [3.8, 4) is 16.9 Å². The molecule has 1 aliphatic rings. The predicted octanol–water partition coefficient (Wildman–Crippen LogP) is 3.26. The summed E-state index contributed by atoms with van der Waals surface area (Å²) in [4.78, 5) is 23.1.